The van der Waals surface area contributed by atoms with Gasteiger partial charge in [-0.1, -0.05) is 48.2 Å². The molecule has 0 aromatic heterocycles. The number of rotatable bonds is 17. The molecule has 1 amide bonds. The Morgan fingerprint density at radius 1 is 0.944 bits per heavy atom. The third kappa shape index (κ3) is 13.1. The first-order valence-corrected chi connectivity index (χ1v) is 12.3. The molecule has 2 aromatic carbocycles. The predicted molar refractivity (Wildman–Crippen MR) is 140 cm³/mol. The summed E-state index contributed by atoms with van der Waals surface area (Å²) in [6, 6.07) is 10.0. The van der Waals surface area contributed by atoms with E-state index in [4.69, 9.17) is 42.6 Å². The molecule has 2 rings (SSSR count). The SMILES string of the molecule is O=CNc1cc([C@@H](O)CNCCCCCCOCCOCc2c(Cl)cccc2Cl)ccc1O.O=CO. The zero-order chi connectivity index (χ0) is 26.6. The van der Waals surface area contributed by atoms with Crippen LogP contribution >= 0.6 is 23.2 Å². The molecule has 0 bridgehead atoms. The molecule has 0 unspecified atom stereocenters. The van der Waals surface area contributed by atoms with Gasteiger partial charge < -0.3 is 35.4 Å². The van der Waals surface area contributed by atoms with Crippen molar-refractivity contribution >= 4 is 41.8 Å². The molecule has 9 nitrogen and oxygen atoms in total. The van der Waals surface area contributed by atoms with Crippen molar-refractivity contribution in [2.24, 2.45) is 0 Å². The molecule has 0 aliphatic rings. The zero-order valence-electron chi connectivity index (χ0n) is 20.0. The number of carboxylic acid groups (broad SMARTS) is 1. The van der Waals surface area contributed by atoms with Gasteiger partial charge in [-0.05, 0) is 49.2 Å². The van der Waals surface area contributed by atoms with Crippen LogP contribution in [-0.4, -0.2) is 61.1 Å². The van der Waals surface area contributed by atoms with Crippen LogP contribution in [0.25, 0.3) is 0 Å². The zero-order valence-corrected chi connectivity index (χ0v) is 21.5. The number of nitrogens with one attached hydrogen (secondary N) is 2. The Kier molecular flexibility index (Phi) is 17.4. The number of aliphatic hydroxyl groups is 1. The standard InChI is InChI=1S/C24H32Cl2N2O5.CH2O2/c25-20-6-5-7-21(26)19(20)16-33-13-12-32-11-4-2-1-3-10-27-15-24(31)18-8-9-23(30)22(14-18)28-17-29;2-1-3/h5-9,14,17,24,27,30-31H,1-4,10-13,15-16H2,(H,28,29);1H,(H,2,3)/t24-;/m0./s1. The lowest BCUT2D eigenvalue weighted by atomic mass is 10.1. The third-order valence-electron chi connectivity index (χ3n) is 5.03. The molecule has 0 saturated heterocycles. The van der Waals surface area contributed by atoms with Crippen molar-refractivity contribution in [3.8, 4) is 5.75 Å². The Labute approximate surface area is 221 Å². The summed E-state index contributed by atoms with van der Waals surface area (Å²) in [6.45, 7) is 3.03. The van der Waals surface area contributed by atoms with Gasteiger partial charge in [0.2, 0.25) is 6.41 Å². The van der Waals surface area contributed by atoms with Crippen LogP contribution in [0.1, 0.15) is 42.9 Å². The lowest BCUT2D eigenvalue weighted by Gasteiger charge is -2.14. The van der Waals surface area contributed by atoms with Gasteiger partial charge in [0.15, 0.2) is 0 Å². The molecule has 0 saturated carbocycles. The maximum atomic E-state index is 10.6. The molecule has 200 valence electrons. The number of phenols is 1. The molecule has 11 heteroatoms. The van der Waals surface area contributed by atoms with E-state index in [9.17, 15) is 15.0 Å². The fourth-order valence-electron chi connectivity index (χ4n) is 3.17. The van der Waals surface area contributed by atoms with Gasteiger partial charge in [-0.15, -0.1) is 0 Å². The van der Waals surface area contributed by atoms with E-state index in [1.165, 1.54) is 6.07 Å². The Hall–Kier alpha value is -2.40. The molecule has 0 aliphatic heterocycles. The lowest BCUT2D eigenvalue weighted by Crippen LogP contribution is -2.22. The average molecular weight is 545 g/mol. The second kappa shape index (κ2) is 19.7. The van der Waals surface area contributed by atoms with E-state index in [0.29, 0.717) is 55.0 Å². The Morgan fingerprint density at radius 2 is 1.61 bits per heavy atom. The highest BCUT2D eigenvalue weighted by Crippen LogP contribution is 2.26. The third-order valence-corrected chi connectivity index (χ3v) is 5.74. The summed E-state index contributed by atoms with van der Waals surface area (Å²) in [4.78, 5) is 18.9. The normalized spacial score (nSPS) is 11.3. The van der Waals surface area contributed by atoms with Crippen molar-refractivity contribution in [2.75, 3.05) is 38.2 Å². The number of unbranched alkanes of at least 4 members (excludes halogenated alkanes) is 3. The number of halogens is 2. The fourth-order valence-corrected chi connectivity index (χ4v) is 3.68. The second-order valence-electron chi connectivity index (χ2n) is 7.64. The van der Waals surface area contributed by atoms with E-state index in [1.807, 2.05) is 0 Å². The van der Waals surface area contributed by atoms with Crippen LogP contribution in [0.4, 0.5) is 5.69 Å². The van der Waals surface area contributed by atoms with E-state index in [2.05, 4.69) is 10.6 Å². The largest absolute Gasteiger partial charge is 0.506 e. The maximum Gasteiger partial charge on any atom is 0.290 e. The summed E-state index contributed by atoms with van der Waals surface area (Å²) < 4.78 is 11.2. The maximum absolute atomic E-state index is 10.6. The summed E-state index contributed by atoms with van der Waals surface area (Å²) in [5.41, 5.74) is 1.70. The monoisotopic (exact) mass is 544 g/mol. The van der Waals surface area contributed by atoms with Crippen molar-refractivity contribution in [3.63, 3.8) is 0 Å². The molecule has 1 atom stereocenters. The number of carbonyl (C=O) groups excluding carboxylic acids is 1. The number of carbonyl (C=O) groups is 2. The molecule has 36 heavy (non-hydrogen) atoms. The molecule has 0 radical (unpaired) electrons. The summed E-state index contributed by atoms with van der Waals surface area (Å²) in [5.74, 6) is -0.0375. The second-order valence-corrected chi connectivity index (χ2v) is 8.46. The summed E-state index contributed by atoms with van der Waals surface area (Å²) in [6.07, 6.45) is 3.89. The van der Waals surface area contributed by atoms with Crippen LogP contribution in [0.15, 0.2) is 36.4 Å². The van der Waals surface area contributed by atoms with E-state index < -0.39 is 6.10 Å². The van der Waals surface area contributed by atoms with Gasteiger partial charge in [0, 0.05) is 28.8 Å². The molecular weight excluding hydrogens is 511 g/mol. The first-order chi connectivity index (χ1) is 17.4. The quantitative estimate of drug-likeness (QED) is 0.112. The Morgan fingerprint density at radius 3 is 2.31 bits per heavy atom. The average Bonchev–Trinajstić information content (AvgIpc) is 2.85. The van der Waals surface area contributed by atoms with Crippen molar-refractivity contribution in [2.45, 2.75) is 38.4 Å². The Bertz CT molecular complexity index is 882. The lowest BCUT2D eigenvalue weighted by molar-refractivity contribution is -0.122. The molecule has 0 aliphatic carbocycles. The number of anilines is 1. The van der Waals surface area contributed by atoms with Crippen molar-refractivity contribution < 1.29 is 34.4 Å². The highest BCUT2D eigenvalue weighted by molar-refractivity contribution is 6.35. The molecule has 0 fully saturated rings. The smallest absolute Gasteiger partial charge is 0.290 e. The summed E-state index contributed by atoms with van der Waals surface area (Å²) in [5, 5.41) is 33.6. The first kappa shape index (κ1) is 31.6. The fraction of sp³-hybridized carbons (Fsp3) is 0.440. The van der Waals surface area contributed by atoms with Gasteiger partial charge in [-0.25, -0.2) is 0 Å². The molecule has 0 heterocycles. The minimum absolute atomic E-state index is 0.0375. The topological polar surface area (TPSA) is 137 Å². The number of ether oxygens (including phenoxy) is 2. The van der Waals surface area contributed by atoms with Gasteiger partial charge in [0.1, 0.15) is 5.75 Å². The van der Waals surface area contributed by atoms with E-state index in [0.717, 1.165) is 37.8 Å². The van der Waals surface area contributed by atoms with Crippen LogP contribution in [0.2, 0.25) is 10.0 Å². The molecule has 0 spiro atoms. The van der Waals surface area contributed by atoms with Crippen LogP contribution in [0, 0.1) is 0 Å². The minimum atomic E-state index is -0.720. The van der Waals surface area contributed by atoms with Gasteiger partial charge in [0.25, 0.3) is 6.47 Å². The van der Waals surface area contributed by atoms with Crippen LogP contribution < -0.4 is 10.6 Å². The number of phenolic OH excluding ortho intramolecular Hbond substituents is 1. The number of aliphatic hydroxyl groups excluding tert-OH is 1. The van der Waals surface area contributed by atoms with Crippen LogP contribution in [0.5, 0.6) is 5.75 Å². The van der Waals surface area contributed by atoms with E-state index in [-0.39, 0.29) is 17.9 Å². The van der Waals surface area contributed by atoms with E-state index in [1.54, 1.807) is 30.3 Å². The predicted octanol–water partition coefficient (Wildman–Crippen LogP) is 4.38. The number of aromatic hydroxyl groups is 1. The summed E-state index contributed by atoms with van der Waals surface area (Å²) in [7, 11) is 0. The van der Waals surface area contributed by atoms with Crippen molar-refractivity contribution in [1.29, 1.82) is 0 Å². The van der Waals surface area contributed by atoms with E-state index >= 15 is 0 Å². The molecule has 5 N–H and O–H groups in total. The highest BCUT2D eigenvalue weighted by atomic mass is 35.5. The van der Waals surface area contributed by atoms with Crippen LogP contribution in [0.3, 0.4) is 0 Å². The minimum Gasteiger partial charge on any atom is -0.506 e. The van der Waals surface area contributed by atoms with Gasteiger partial charge in [-0.3, -0.25) is 9.59 Å². The number of hydrogen-bond donors (Lipinski definition) is 5. The highest BCUT2D eigenvalue weighted by Gasteiger charge is 2.10. The van der Waals surface area contributed by atoms with Crippen LogP contribution in [-0.2, 0) is 25.7 Å². The van der Waals surface area contributed by atoms with Gasteiger partial charge in [0.05, 0.1) is 31.6 Å². The molecule has 2 aromatic rings. The number of amides is 1. The van der Waals surface area contributed by atoms with Gasteiger partial charge in [-0.2, -0.15) is 0 Å². The number of benzene rings is 2. The van der Waals surface area contributed by atoms with Crippen molar-refractivity contribution in [1.82, 2.24) is 5.32 Å². The van der Waals surface area contributed by atoms with Gasteiger partial charge >= 0.3 is 0 Å². The first-order valence-electron chi connectivity index (χ1n) is 11.5. The Balaban J connectivity index is 0.00000205. The van der Waals surface area contributed by atoms with Crippen molar-refractivity contribution in [3.05, 3.63) is 57.6 Å². The molecular formula is C25H34Cl2N2O7. The summed E-state index contributed by atoms with van der Waals surface area (Å²) >= 11 is 12.2. The number of hydrogen-bond acceptors (Lipinski definition) is 7.